The molecule has 0 aliphatic rings. The van der Waals surface area contributed by atoms with E-state index in [1.165, 1.54) is 0 Å². The third-order valence-corrected chi connectivity index (χ3v) is 2.16. The highest BCUT2D eigenvalue weighted by molar-refractivity contribution is 5.69. The Morgan fingerprint density at radius 3 is 2.38 bits per heavy atom. The number of aryl methyl sites for hydroxylation is 1. The summed E-state index contributed by atoms with van der Waals surface area (Å²) in [5.41, 5.74) is 1.12. The number of ether oxygens (including phenoxy) is 2. The summed E-state index contributed by atoms with van der Waals surface area (Å²) in [6.07, 6.45) is 1.15. The molecule has 0 aliphatic carbocycles. The molecule has 1 aromatic rings. The molecule has 0 aliphatic heterocycles. The average molecular weight is 222 g/mol. The highest BCUT2D eigenvalue weighted by atomic mass is 16.5. The number of rotatable bonds is 6. The van der Waals surface area contributed by atoms with Crippen LogP contribution in [0, 0.1) is 0 Å². The van der Waals surface area contributed by atoms with Crippen LogP contribution in [-0.2, 0) is 16.0 Å². The minimum Gasteiger partial charge on any atom is -0.494 e. The first kappa shape index (κ1) is 12.6. The van der Waals surface area contributed by atoms with Crippen molar-refractivity contribution in [3.63, 3.8) is 0 Å². The van der Waals surface area contributed by atoms with E-state index in [2.05, 4.69) is 0 Å². The van der Waals surface area contributed by atoms with Crippen molar-refractivity contribution >= 4 is 5.97 Å². The van der Waals surface area contributed by atoms with Gasteiger partial charge in [0.05, 0.1) is 13.2 Å². The molecule has 88 valence electrons. The van der Waals surface area contributed by atoms with Crippen LogP contribution in [0.25, 0.3) is 0 Å². The zero-order valence-corrected chi connectivity index (χ0v) is 9.86. The second-order valence-corrected chi connectivity index (χ2v) is 3.38. The van der Waals surface area contributed by atoms with Crippen LogP contribution in [0.5, 0.6) is 5.75 Å². The van der Waals surface area contributed by atoms with Gasteiger partial charge in [-0.3, -0.25) is 4.79 Å². The van der Waals surface area contributed by atoms with Gasteiger partial charge in [0.1, 0.15) is 5.75 Å². The van der Waals surface area contributed by atoms with Crippen LogP contribution in [0.15, 0.2) is 24.3 Å². The van der Waals surface area contributed by atoms with Gasteiger partial charge in [0, 0.05) is 6.42 Å². The first-order valence-corrected chi connectivity index (χ1v) is 5.63. The van der Waals surface area contributed by atoms with Crippen LogP contribution in [0.1, 0.15) is 25.8 Å². The zero-order valence-electron chi connectivity index (χ0n) is 9.86. The number of carbonyl (C=O) groups is 1. The maximum Gasteiger partial charge on any atom is 0.306 e. The highest BCUT2D eigenvalue weighted by Gasteiger charge is 2.02. The van der Waals surface area contributed by atoms with Gasteiger partial charge in [-0.25, -0.2) is 0 Å². The fraction of sp³-hybridized carbons (Fsp3) is 0.462. The molecule has 1 aromatic carbocycles. The molecule has 1 rings (SSSR count). The lowest BCUT2D eigenvalue weighted by Gasteiger charge is -2.05. The molecule has 3 nitrogen and oxygen atoms in total. The van der Waals surface area contributed by atoms with Crippen molar-refractivity contribution in [2.45, 2.75) is 26.7 Å². The fourth-order valence-electron chi connectivity index (χ4n) is 1.40. The predicted molar refractivity (Wildman–Crippen MR) is 62.6 cm³/mol. The van der Waals surface area contributed by atoms with Crippen molar-refractivity contribution in [1.29, 1.82) is 0 Å². The standard InChI is InChI=1S/C13H18O3/c1-3-15-12-8-5-11(6-9-12)7-10-13(14)16-4-2/h5-6,8-9H,3-4,7,10H2,1-2H3. The molecule has 0 unspecified atom stereocenters. The zero-order chi connectivity index (χ0) is 11.8. The minimum absolute atomic E-state index is 0.142. The third kappa shape index (κ3) is 4.34. The van der Waals surface area contributed by atoms with E-state index < -0.39 is 0 Å². The summed E-state index contributed by atoms with van der Waals surface area (Å²) in [5.74, 6) is 0.721. The molecule has 0 heterocycles. The number of carbonyl (C=O) groups excluding carboxylic acids is 1. The van der Waals surface area contributed by atoms with Gasteiger partial charge in [0.15, 0.2) is 0 Å². The van der Waals surface area contributed by atoms with E-state index in [-0.39, 0.29) is 5.97 Å². The first-order valence-electron chi connectivity index (χ1n) is 5.63. The van der Waals surface area contributed by atoms with Gasteiger partial charge in [-0.15, -0.1) is 0 Å². The summed E-state index contributed by atoms with van der Waals surface area (Å²) in [6, 6.07) is 7.79. The molecule has 16 heavy (non-hydrogen) atoms. The lowest BCUT2D eigenvalue weighted by Crippen LogP contribution is -2.05. The lowest BCUT2D eigenvalue weighted by atomic mass is 10.1. The number of benzene rings is 1. The Bertz CT molecular complexity index is 316. The number of hydrogen-bond donors (Lipinski definition) is 0. The number of esters is 1. The van der Waals surface area contributed by atoms with Crippen molar-refractivity contribution in [1.82, 2.24) is 0 Å². The van der Waals surface area contributed by atoms with Gasteiger partial charge in [-0.2, -0.15) is 0 Å². The normalized spacial score (nSPS) is 9.88. The monoisotopic (exact) mass is 222 g/mol. The van der Waals surface area contributed by atoms with E-state index in [4.69, 9.17) is 9.47 Å². The largest absolute Gasteiger partial charge is 0.494 e. The van der Waals surface area contributed by atoms with Gasteiger partial charge >= 0.3 is 5.97 Å². The van der Waals surface area contributed by atoms with E-state index in [1.54, 1.807) is 0 Å². The Balaban J connectivity index is 2.40. The maximum atomic E-state index is 11.1. The summed E-state index contributed by atoms with van der Waals surface area (Å²) in [6.45, 7) is 4.88. The Morgan fingerprint density at radius 1 is 1.12 bits per heavy atom. The molecule has 0 bridgehead atoms. The van der Waals surface area contributed by atoms with Gasteiger partial charge in [0.25, 0.3) is 0 Å². The van der Waals surface area contributed by atoms with E-state index in [9.17, 15) is 4.79 Å². The summed E-state index contributed by atoms with van der Waals surface area (Å²) in [7, 11) is 0. The third-order valence-electron chi connectivity index (χ3n) is 2.16. The molecular formula is C13H18O3. The molecule has 0 N–H and O–H groups in total. The molecule has 0 spiro atoms. The van der Waals surface area contributed by atoms with Crippen LogP contribution in [0.4, 0.5) is 0 Å². The van der Waals surface area contributed by atoms with Crippen LogP contribution in [0.3, 0.4) is 0 Å². The van der Waals surface area contributed by atoms with Crippen LogP contribution >= 0.6 is 0 Å². The molecule has 0 aromatic heterocycles. The second-order valence-electron chi connectivity index (χ2n) is 3.38. The van der Waals surface area contributed by atoms with Crippen molar-refractivity contribution in [3.8, 4) is 5.75 Å². The smallest absolute Gasteiger partial charge is 0.306 e. The Labute approximate surface area is 96.4 Å². The molecule has 0 fully saturated rings. The van der Waals surface area contributed by atoms with Gasteiger partial charge in [-0.1, -0.05) is 12.1 Å². The van der Waals surface area contributed by atoms with Crippen molar-refractivity contribution in [2.24, 2.45) is 0 Å². The lowest BCUT2D eigenvalue weighted by molar-refractivity contribution is -0.143. The van der Waals surface area contributed by atoms with Gasteiger partial charge < -0.3 is 9.47 Å². The molecule has 3 heteroatoms. The van der Waals surface area contributed by atoms with E-state index in [0.29, 0.717) is 26.1 Å². The Morgan fingerprint density at radius 2 is 1.81 bits per heavy atom. The van der Waals surface area contributed by atoms with Gasteiger partial charge in [-0.05, 0) is 38.0 Å². The summed E-state index contributed by atoms with van der Waals surface area (Å²) < 4.78 is 10.2. The predicted octanol–water partition coefficient (Wildman–Crippen LogP) is 2.58. The van der Waals surface area contributed by atoms with Gasteiger partial charge in [0.2, 0.25) is 0 Å². The molecule has 0 radical (unpaired) electrons. The first-order chi connectivity index (χ1) is 7.76. The Kier molecular flexibility index (Phi) is 5.40. The molecular weight excluding hydrogens is 204 g/mol. The average Bonchev–Trinajstić information content (AvgIpc) is 2.29. The van der Waals surface area contributed by atoms with E-state index in [0.717, 1.165) is 11.3 Å². The number of hydrogen-bond acceptors (Lipinski definition) is 3. The highest BCUT2D eigenvalue weighted by Crippen LogP contribution is 2.13. The minimum atomic E-state index is -0.142. The fourth-order valence-corrected chi connectivity index (χ4v) is 1.40. The molecule has 0 atom stereocenters. The van der Waals surface area contributed by atoms with Crippen LogP contribution in [-0.4, -0.2) is 19.2 Å². The SMILES string of the molecule is CCOC(=O)CCc1ccc(OCC)cc1. The summed E-state index contributed by atoms with van der Waals surface area (Å²) in [4.78, 5) is 11.1. The van der Waals surface area contributed by atoms with E-state index >= 15 is 0 Å². The quantitative estimate of drug-likeness (QED) is 0.694. The van der Waals surface area contributed by atoms with Crippen LogP contribution in [0.2, 0.25) is 0 Å². The molecule has 0 amide bonds. The summed E-state index contributed by atoms with van der Waals surface area (Å²) in [5, 5.41) is 0. The van der Waals surface area contributed by atoms with Crippen LogP contribution < -0.4 is 4.74 Å². The van der Waals surface area contributed by atoms with E-state index in [1.807, 2.05) is 38.1 Å². The van der Waals surface area contributed by atoms with Crippen molar-refractivity contribution in [3.05, 3.63) is 29.8 Å². The molecule has 0 saturated carbocycles. The Hall–Kier alpha value is -1.51. The van der Waals surface area contributed by atoms with Crippen molar-refractivity contribution in [2.75, 3.05) is 13.2 Å². The van der Waals surface area contributed by atoms with Crippen molar-refractivity contribution < 1.29 is 14.3 Å². The maximum absolute atomic E-state index is 11.1. The second kappa shape index (κ2) is 6.88. The topological polar surface area (TPSA) is 35.5 Å². The molecule has 0 saturated heterocycles. The summed E-state index contributed by atoms with van der Waals surface area (Å²) >= 11 is 0.